The first-order chi connectivity index (χ1) is 16.1. The number of hydrogen-bond donors (Lipinski definition) is 2. The molecule has 6 nitrogen and oxygen atoms in total. The molecule has 0 radical (unpaired) electrons. The van der Waals surface area contributed by atoms with E-state index in [2.05, 4.69) is 10.6 Å². The number of carbonyl (C=O) groups is 2. The largest absolute Gasteiger partial charge is 0.490 e. The van der Waals surface area contributed by atoms with Crippen LogP contribution in [-0.4, -0.2) is 25.0 Å². The lowest BCUT2D eigenvalue weighted by Gasteiger charge is -2.16. The summed E-state index contributed by atoms with van der Waals surface area (Å²) in [4.78, 5) is 25.0. The van der Waals surface area contributed by atoms with Crippen LogP contribution < -0.4 is 20.1 Å². The summed E-state index contributed by atoms with van der Waals surface area (Å²) in [6.45, 7) is 3.23. The summed E-state index contributed by atoms with van der Waals surface area (Å²) in [5.41, 5.74) is 3.24. The summed E-state index contributed by atoms with van der Waals surface area (Å²) in [6.07, 6.45) is 1.85. The molecule has 170 valence electrons. The van der Waals surface area contributed by atoms with Crippen molar-refractivity contribution in [1.82, 2.24) is 5.32 Å². The van der Waals surface area contributed by atoms with Crippen molar-refractivity contribution in [3.63, 3.8) is 0 Å². The van der Waals surface area contributed by atoms with Gasteiger partial charge >= 0.3 is 0 Å². The molecule has 1 aliphatic heterocycles. The van der Waals surface area contributed by atoms with Crippen LogP contribution in [0.2, 0.25) is 0 Å². The molecule has 4 rings (SSSR count). The molecule has 6 heteroatoms. The van der Waals surface area contributed by atoms with Gasteiger partial charge in [0.05, 0.1) is 19.3 Å². The number of anilines is 1. The highest BCUT2D eigenvalue weighted by molar-refractivity contribution is 6.04. The molecule has 0 aromatic heterocycles. The molecule has 0 spiro atoms. The third-order valence-corrected chi connectivity index (χ3v) is 5.51. The summed E-state index contributed by atoms with van der Waals surface area (Å²) in [6, 6.07) is 22.3. The summed E-state index contributed by atoms with van der Waals surface area (Å²) in [5, 5.41) is 5.95. The van der Waals surface area contributed by atoms with Gasteiger partial charge in [-0.05, 0) is 60.9 Å². The summed E-state index contributed by atoms with van der Waals surface area (Å²) in [5.74, 6) is 1.30. The minimum absolute atomic E-state index is 0.0339. The molecule has 2 amide bonds. The molecule has 0 fully saturated rings. The van der Waals surface area contributed by atoms with Crippen LogP contribution >= 0.6 is 0 Å². The SMILES string of the molecule is CC(NC(=O)CCc1ccc2c(c1)OCCCO2)c1cccc(NC(=O)c2ccccc2)c1. The zero-order valence-corrected chi connectivity index (χ0v) is 18.7. The third-order valence-electron chi connectivity index (χ3n) is 5.51. The van der Waals surface area contributed by atoms with Gasteiger partial charge in [-0.1, -0.05) is 36.4 Å². The number of ether oxygens (including phenoxy) is 2. The van der Waals surface area contributed by atoms with Crippen LogP contribution in [0.4, 0.5) is 5.69 Å². The molecule has 3 aromatic rings. The predicted molar refractivity (Wildman–Crippen MR) is 128 cm³/mol. The third kappa shape index (κ3) is 6.13. The quantitative estimate of drug-likeness (QED) is 0.543. The second-order valence-corrected chi connectivity index (χ2v) is 8.07. The number of amides is 2. The maximum absolute atomic E-state index is 12.6. The van der Waals surface area contributed by atoms with Crippen LogP contribution in [0.25, 0.3) is 0 Å². The van der Waals surface area contributed by atoms with Crippen LogP contribution in [0.15, 0.2) is 72.8 Å². The average Bonchev–Trinajstić information content (AvgIpc) is 3.08. The normalized spacial score (nSPS) is 13.5. The lowest BCUT2D eigenvalue weighted by atomic mass is 10.1. The number of hydrogen-bond acceptors (Lipinski definition) is 4. The number of nitrogens with one attached hydrogen (secondary N) is 2. The minimum Gasteiger partial charge on any atom is -0.490 e. The highest BCUT2D eigenvalue weighted by Crippen LogP contribution is 2.30. The summed E-state index contributed by atoms with van der Waals surface area (Å²) in [7, 11) is 0. The van der Waals surface area contributed by atoms with Crippen molar-refractivity contribution < 1.29 is 19.1 Å². The topological polar surface area (TPSA) is 76.7 Å². The van der Waals surface area contributed by atoms with Crippen LogP contribution in [0.3, 0.4) is 0 Å². The fraction of sp³-hybridized carbons (Fsp3) is 0.259. The Kier molecular flexibility index (Phi) is 7.25. The first kappa shape index (κ1) is 22.4. The standard InChI is InChI=1S/C27H28N2O4/c1-19(22-9-5-10-23(18-22)29-27(31)21-7-3-2-4-8-21)28-26(30)14-12-20-11-13-24-25(17-20)33-16-6-15-32-24/h2-5,7-11,13,17-19H,6,12,14-16H2,1H3,(H,28,30)(H,29,31). The average molecular weight is 445 g/mol. The first-order valence-corrected chi connectivity index (χ1v) is 11.2. The zero-order valence-electron chi connectivity index (χ0n) is 18.7. The molecule has 33 heavy (non-hydrogen) atoms. The highest BCUT2D eigenvalue weighted by atomic mass is 16.5. The lowest BCUT2D eigenvalue weighted by Crippen LogP contribution is -2.27. The van der Waals surface area contributed by atoms with Crippen LogP contribution in [-0.2, 0) is 11.2 Å². The van der Waals surface area contributed by atoms with Gasteiger partial charge < -0.3 is 20.1 Å². The number of rotatable bonds is 7. The van der Waals surface area contributed by atoms with Crippen molar-refractivity contribution in [1.29, 1.82) is 0 Å². The summed E-state index contributed by atoms with van der Waals surface area (Å²) >= 11 is 0. The molecule has 0 bridgehead atoms. The van der Waals surface area contributed by atoms with Crippen molar-refractivity contribution in [3.05, 3.63) is 89.5 Å². The van der Waals surface area contributed by atoms with E-state index in [4.69, 9.17) is 9.47 Å². The Bertz CT molecular complexity index is 1110. The zero-order chi connectivity index (χ0) is 23.0. The molecular formula is C27H28N2O4. The van der Waals surface area contributed by atoms with E-state index in [9.17, 15) is 9.59 Å². The van der Waals surface area contributed by atoms with E-state index >= 15 is 0 Å². The van der Waals surface area contributed by atoms with Crippen molar-refractivity contribution in [2.24, 2.45) is 0 Å². The Labute approximate surface area is 193 Å². The van der Waals surface area contributed by atoms with Crippen molar-refractivity contribution in [2.75, 3.05) is 18.5 Å². The molecule has 0 aliphatic carbocycles. The molecule has 0 saturated heterocycles. The van der Waals surface area contributed by atoms with E-state index in [0.29, 0.717) is 37.3 Å². The number of benzene rings is 3. The molecule has 1 atom stereocenters. The van der Waals surface area contributed by atoms with E-state index in [1.807, 2.05) is 67.6 Å². The Morgan fingerprint density at radius 2 is 1.70 bits per heavy atom. The first-order valence-electron chi connectivity index (χ1n) is 11.2. The van der Waals surface area contributed by atoms with Crippen molar-refractivity contribution in [3.8, 4) is 11.5 Å². The van der Waals surface area contributed by atoms with Crippen LogP contribution in [0, 0.1) is 0 Å². The fourth-order valence-electron chi connectivity index (χ4n) is 3.70. The van der Waals surface area contributed by atoms with E-state index in [0.717, 1.165) is 29.0 Å². The molecule has 1 unspecified atom stereocenters. The van der Waals surface area contributed by atoms with Gasteiger partial charge in [0, 0.05) is 24.1 Å². The highest BCUT2D eigenvalue weighted by Gasteiger charge is 2.14. The maximum Gasteiger partial charge on any atom is 0.255 e. The second kappa shape index (κ2) is 10.7. The Morgan fingerprint density at radius 1 is 0.909 bits per heavy atom. The smallest absolute Gasteiger partial charge is 0.255 e. The van der Waals surface area contributed by atoms with E-state index in [1.54, 1.807) is 12.1 Å². The Balaban J connectivity index is 1.31. The lowest BCUT2D eigenvalue weighted by molar-refractivity contribution is -0.121. The number of aryl methyl sites for hydroxylation is 1. The number of fused-ring (bicyclic) bond motifs is 1. The summed E-state index contributed by atoms with van der Waals surface area (Å²) < 4.78 is 11.4. The van der Waals surface area contributed by atoms with E-state index in [-0.39, 0.29) is 17.9 Å². The predicted octanol–water partition coefficient (Wildman–Crippen LogP) is 4.91. The minimum atomic E-state index is -0.185. The van der Waals surface area contributed by atoms with Gasteiger partial charge in [-0.2, -0.15) is 0 Å². The molecular weight excluding hydrogens is 416 g/mol. The molecule has 1 heterocycles. The van der Waals surface area contributed by atoms with Gasteiger partial charge in [0.2, 0.25) is 5.91 Å². The van der Waals surface area contributed by atoms with E-state index < -0.39 is 0 Å². The van der Waals surface area contributed by atoms with Crippen molar-refractivity contribution in [2.45, 2.75) is 32.2 Å². The van der Waals surface area contributed by atoms with Gasteiger partial charge in [-0.15, -0.1) is 0 Å². The fourth-order valence-corrected chi connectivity index (χ4v) is 3.70. The Morgan fingerprint density at radius 3 is 2.52 bits per heavy atom. The maximum atomic E-state index is 12.6. The molecule has 3 aromatic carbocycles. The van der Waals surface area contributed by atoms with Crippen LogP contribution in [0.1, 0.15) is 47.3 Å². The molecule has 1 aliphatic rings. The van der Waals surface area contributed by atoms with Gasteiger partial charge in [-0.25, -0.2) is 0 Å². The molecule has 2 N–H and O–H groups in total. The monoisotopic (exact) mass is 444 g/mol. The van der Waals surface area contributed by atoms with Gasteiger partial charge in [-0.3, -0.25) is 9.59 Å². The Hall–Kier alpha value is -3.80. The van der Waals surface area contributed by atoms with Gasteiger partial charge in [0.25, 0.3) is 5.91 Å². The number of carbonyl (C=O) groups excluding carboxylic acids is 2. The van der Waals surface area contributed by atoms with Crippen molar-refractivity contribution >= 4 is 17.5 Å². The van der Waals surface area contributed by atoms with Crippen LogP contribution in [0.5, 0.6) is 11.5 Å². The van der Waals surface area contributed by atoms with Gasteiger partial charge in [0.15, 0.2) is 11.5 Å². The molecule has 0 saturated carbocycles. The second-order valence-electron chi connectivity index (χ2n) is 8.07. The van der Waals surface area contributed by atoms with E-state index in [1.165, 1.54) is 0 Å². The van der Waals surface area contributed by atoms with Gasteiger partial charge in [0.1, 0.15) is 0 Å².